The number of rotatable bonds is 9. The number of aliphatic carboxylic acids is 1. The maximum Gasteiger partial charge on any atom is 0.350 e. The Bertz CT molecular complexity index is 1740. The number of β-lactam (4-membered cyclic amide) rings is 1. The third-order valence-electron chi connectivity index (χ3n) is 7.72. The summed E-state index contributed by atoms with van der Waals surface area (Å²) >= 11 is 2.51. The zero-order chi connectivity index (χ0) is 32.3. The molecule has 3 aliphatic rings. The van der Waals surface area contributed by atoms with E-state index in [1.807, 2.05) is 7.05 Å². The quantitative estimate of drug-likeness (QED) is 0.0593. The van der Waals surface area contributed by atoms with Gasteiger partial charge < -0.3 is 35.7 Å². The number of aromatic nitrogens is 5. The van der Waals surface area contributed by atoms with Gasteiger partial charge in [0.1, 0.15) is 36.7 Å². The van der Waals surface area contributed by atoms with Crippen LogP contribution in [0.2, 0.25) is 0 Å². The zero-order valence-corrected chi connectivity index (χ0v) is 25.8. The summed E-state index contributed by atoms with van der Waals surface area (Å²) in [6.07, 6.45) is 0. The van der Waals surface area contributed by atoms with Crippen molar-refractivity contribution in [2.24, 2.45) is 5.16 Å². The largest absolute Gasteiger partial charge is 0.504 e. The van der Waals surface area contributed by atoms with Crippen LogP contribution >= 0.6 is 23.1 Å². The van der Waals surface area contributed by atoms with E-state index in [2.05, 4.69) is 36.1 Å². The molecule has 2 amide bonds. The molecule has 2 atom stereocenters. The van der Waals surface area contributed by atoms with Crippen molar-refractivity contribution in [2.45, 2.75) is 44.0 Å². The number of amides is 2. The molecule has 0 unspecified atom stereocenters. The lowest BCUT2D eigenvalue weighted by atomic mass is 10.0. The van der Waals surface area contributed by atoms with Gasteiger partial charge in [0.15, 0.2) is 22.3 Å². The van der Waals surface area contributed by atoms with Gasteiger partial charge in [-0.05, 0) is 31.2 Å². The number of nitrogens with zero attached hydrogens (tertiary/aromatic N) is 7. The second-order valence-electron chi connectivity index (χ2n) is 11.7. The minimum Gasteiger partial charge on any atom is -0.504 e. The summed E-state index contributed by atoms with van der Waals surface area (Å²) in [4.78, 5) is 49.4. The number of hydrogen-bond donors (Lipinski definition) is 6. The number of anilines is 1. The molecule has 7 N–H and O–H groups in total. The number of aromatic hydroxyl groups is 2. The first-order valence-corrected chi connectivity index (χ1v) is 15.5. The van der Waals surface area contributed by atoms with E-state index in [4.69, 9.17) is 10.6 Å². The van der Waals surface area contributed by atoms with E-state index < -0.39 is 34.8 Å². The van der Waals surface area contributed by atoms with E-state index in [1.54, 1.807) is 12.1 Å². The van der Waals surface area contributed by atoms with Gasteiger partial charge in [0.2, 0.25) is 11.4 Å². The number of aromatic amines is 1. The van der Waals surface area contributed by atoms with Crippen LogP contribution in [0.15, 0.2) is 28.2 Å². The molecule has 0 spiro atoms. The number of fused-ring (bicyclic) bond motifs is 2. The minimum absolute atomic E-state index is 0.0657. The summed E-state index contributed by atoms with van der Waals surface area (Å²) in [6.45, 7) is 4.25. The van der Waals surface area contributed by atoms with Crippen molar-refractivity contribution in [3.63, 3.8) is 0 Å². The molecule has 1 aromatic carbocycles. The van der Waals surface area contributed by atoms with Crippen molar-refractivity contribution in [1.82, 2.24) is 35.8 Å². The lowest BCUT2D eigenvalue weighted by Crippen LogP contribution is -2.70. The number of H-pyrrole nitrogens is 1. The first-order valence-electron chi connectivity index (χ1n) is 13.6. The number of quaternary nitrogens is 1. The molecule has 5 heterocycles. The third kappa shape index (κ3) is 5.53. The van der Waals surface area contributed by atoms with E-state index in [9.17, 15) is 29.7 Å². The van der Waals surface area contributed by atoms with E-state index in [0.717, 1.165) is 28.0 Å². The summed E-state index contributed by atoms with van der Waals surface area (Å²) < 4.78 is 0.519. The monoisotopic (exact) mass is 657 g/mol. The second kappa shape index (κ2) is 11.0. The van der Waals surface area contributed by atoms with Crippen molar-refractivity contribution in [2.75, 3.05) is 25.1 Å². The summed E-state index contributed by atoms with van der Waals surface area (Å²) in [5.41, 5.74) is 6.98. The average molecular weight is 658 g/mol. The maximum atomic E-state index is 13.7. The highest BCUT2D eigenvalue weighted by molar-refractivity contribution is 8.00. The summed E-state index contributed by atoms with van der Waals surface area (Å²) in [5, 5.41) is 51.5. The Balaban J connectivity index is 1.25. The SMILES string of the molecule is CC(C)(O/N=C(\C(=O)N[C@@H]1C(=O)N2C(c3nn[nH]n3)=C(C[N+]3(C)Cc4cc(O)c(O)cc4C3)CS[C@H]12)c1csc(N)n1)C(=O)O. The Kier molecular flexibility index (Phi) is 7.40. The number of phenolic OH excluding ortho intramolecular Hbond substituents is 2. The molecule has 0 aliphatic carbocycles. The molecule has 0 bridgehead atoms. The van der Waals surface area contributed by atoms with Crippen molar-refractivity contribution in [3.8, 4) is 11.5 Å². The van der Waals surface area contributed by atoms with Gasteiger partial charge in [-0.1, -0.05) is 5.16 Å². The summed E-state index contributed by atoms with van der Waals surface area (Å²) in [6, 6.07) is 2.20. The topological polar surface area (TPSA) is 242 Å². The number of carboxylic acids is 1. The molecule has 1 fully saturated rings. The number of carboxylic acid groups (broad SMARTS) is 1. The molecule has 236 valence electrons. The fourth-order valence-corrected chi connectivity index (χ4v) is 7.38. The lowest BCUT2D eigenvalue weighted by molar-refractivity contribution is -0.924. The number of nitrogen functional groups attached to an aromatic ring is 1. The number of nitrogens with two attached hydrogens (primary N) is 1. The normalized spacial score (nSPS) is 20.8. The molecule has 19 heteroatoms. The standard InChI is InChI=1S/C26H28N10O7S2/c1-26(2,24(41)42)43-32-17(14-10-45-25(27)28-14)21(39)29-18-22(40)35-19(20-30-33-34-31-20)13(9-44-23(18)35)8-36(3)6-11-4-15(37)16(38)5-12(11)7-36/h4-5,10,18,23H,6-9H2,1-3H3,(H6-,27,28,29,30,31,32,33,34,37,38,39,41,42)/p+1/t18-,23-/m1/s1. The predicted octanol–water partition coefficient (Wildman–Crippen LogP) is 0.205. The van der Waals surface area contributed by atoms with E-state index in [0.29, 0.717) is 35.6 Å². The molecular formula is C26H29N10O7S2+. The summed E-state index contributed by atoms with van der Waals surface area (Å²) in [5.74, 6) is -2.13. The van der Waals surface area contributed by atoms with Crippen LogP contribution in [0.3, 0.4) is 0 Å². The van der Waals surface area contributed by atoms with E-state index >= 15 is 0 Å². The fraction of sp³-hybridized carbons (Fsp3) is 0.385. The van der Waals surface area contributed by atoms with Gasteiger partial charge in [-0.3, -0.25) is 14.5 Å². The number of carbonyl (C=O) groups excluding carboxylic acids is 2. The van der Waals surface area contributed by atoms with Gasteiger partial charge >= 0.3 is 5.97 Å². The Labute approximate surface area is 263 Å². The van der Waals surface area contributed by atoms with Crippen molar-refractivity contribution in [3.05, 3.63) is 45.7 Å². The molecular weight excluding hydrogens is 628 g/mol. The van der Waals surface area contributed by atoms with Crippen LogP contribution in [0.4, 0.5) is 5.13 Å². The molecule has 3 aliphatic heterocycles. The average Bonchev–Trinajstić information content (AvgIpc) is 3.72. The van der Waals surface area contributed by atoms with Crippen molar-refractivity contribution < 1.29 is 39.0 Å². The van der Waals surface area contributed by atoms with E-state index in [1.165, 1.54) is 35.9 Å². The second-order valence-corrected chi connectivity index (χ2v) is 13.7. The van der Waals surface area contributed by atoms with Gasteiger partial charge in [-0.15, -0.1) is 33.3 Å². The smallest absolute Gasteiger partial charge is 0.350 e. The van der Waals surface area contributed by atoms with Crippen LogP contribution in [0.25, 0.3) is 5.70 Å². The van der Waals surface area contributed by atoms with Crippen LogP contribution in [-0.2, 0) is 32.3 Å². The molecule has 0 radical (unpaired) electrons. The van der Waals surface area contributed by atoms with E-state index in [-0.39, 0.29) is 33.9 Å². The Hall–Kier alpha value is -4.75. The molecule has 0 saturated carbocycles. The first kappa shape index (κ1) is 30.3. The molecule has 2 aromatic heterocycles. The van der Waals surface area contributed by atoms with Crippen molar-refractivity contribution in [1.29, 1.82) is 0 Å². The predicted molar refractivity (Wildman–Crippen MR) is 160 cm³/mol. The first-order chi connectivity index (χ1) is 21.3. The van der Waals surface area contributed by atoms with Gasteiger partial charge in [0, 0.05) is 27.8 Å². The number of likely N-dealkylation sites (N-methyl/N-ethyl adjacent to an activating group) is 1. The molecule has 3 aromatic rings. The van der Waals surface area contributed by atoms with Crippen LogP contribution in [0.1, 0.15) is 36.5 Å². The molecule has 17 nitrogen and oxygen atoms in total. The zero-order valence-electron chi connectivity index (χ0n) is 24.2. The van der Waals surface area contributed by atoms with Crippen LogP contribution in [0.5, 0.6) is 11.5 Å². The third-order valence-corrected chi connectivity index (χ3v) is 9.74. The number of thioether (sulfide) groups is 1. The number of phenols is 2. The highest BCUT2D eigenvalue weighted by Gasteiger charge is 2.55. The maximum absolute atomic E-state index is 13.7. The molecule has 45 heavy (non-hydrogen) atoms. The number of nitrogens with one attached hydrogen (secondary N) is 2. The Morgan fingerprint density at radius 1 is 1.27 bits per heavy atom. The van der Waals surface area contributed by atoms with Gasteiger partial charge in [0.05, 0.1) is 12.7 Å². The molecule has 6 rings (SSSR count). The van der Waals surface area contributed by atoms with Gasteiger partial charge in [-0.25, -0.2) is 9.78 Å². The van der Waals surface area contributed by atoms with Gasteiger partial charge in [-0.2, -0.15) is 5.21 Å². The Morgan fingerprint density at radius 2 is 1.96 bits per heavy atom. The fourth-order valence-electron chi connectivity index (χ4n) is 5.50. The van der Waals surface area contributed by atoms with Gasteiger partial charge in [0.25, 0.3) is 11.8 Å². The van der Waals surface area contributed by atoms with Crippen LogP contribution in [-0.4, -0.2) is 110 Å². The number of thiazole rings is 1. The van der Waals surface area contributed by atoms with Crippen molar-refractivity contribution >= 4 is 57.4 Å². The lowest BCUT2D eigenvalue weighted by Gasteiger charge is -2.50. The molecule has 1 saturated heterocycles. The highest BCUT2D eigenvalue weighted by atomic mass is 32.2. The van der Waals surface area contributed by atoms with Crippen LogP contribution in [0, 0.1) is 0 Å². The van der Waals surface area contributed by atoms with Crippen LogP contribution < -0.4 is 11.1 Å². The Morgan fingerprint density at radius 3 is 2.53 bits per heavy atom. The number of benzene rings is 1. The summed E-state index contributed by atoms with van der Waals surface area (Å²) in [7, 11) is 2.05. The minimum atomic E-state index is -1.74. The number of oxime groups is 1. The number of carbonyl (C=O) groups is 3. The number of hydrogen-bond acceptors (Lipinski definition) is 14. The number of tetrazole rings is 1. The highest BCUT2D eigenvalue weighted by Crippen LogP contribution is 2.45.